The van der Waals surface area contributed by atoms with Crippen molar-refractivity contribution < 1.29 is 22.4 Å². The number of likely N-dealkylation sites (tertiary alicyclic amines) is 1. The topological polar surface area (TPSA) is 83.2 Å². The summed E-state index contributed by atoms with van der Waals surface area (Å²) in [4.78, 5) is 15.4. The molecular formula is C20H19F4N5O. The van der Waals surface area contributed by atoms with Gasteiger partial charge in [0.15, 0.2) is 0 Å². The van der Waals surface area contributed by atoms with E-state index in [-0.39, 0.29) is 43.3 Å². The lowest BCUT2D eigenvalue weighted by Gasteiger charge is -2.24. The van der Waals surface area contributed by atoms with Crippen LogP contribution in [0.4, 0.5) is 23.2 Å². The van der Waals surface area contributed by atoms with Crippen LogP contribution in [-0.2, 0) is 11.0 Å². The highest BCUT2D eigenvalue weighted by Gasteiger charge is 2.56. The number of carbonyl (C=O) groups is 1. The van der Waals surface area contributed by atoms with Gasteiger partial charge in [0.1, 0.15) is 12.2 Å². The number of halogens is 4. The number of carbonyl (C=O) groups excluding carboxylic acids is 1. The SMILES string of the molecule is N#Cc1ccc(N2CC3C(C2)C3NCC(=O)N2C[C@@H](F)C[C@H]2C#N)cc1C(F)(F)F. The molecule has 10 heteroatoms. The average Bonchev–Trinajstić information content (AvgIpc) is 3.04. The molecule has 1 aromatic carbocycles. The molecule has 2 heterocycles. The molecule has 1 aliphatic carbocycles. The number of piperidine rings is 1. The molecule has 1 N–H and O–H groups in total. The summed E-state index contributed by atoms with van der Waals surface area (Å²) in [6, 6.07) is 6.59. The predicted molar refractivity (Wildman–Crippen MR) is 97.8 cm³/mol. The first kappa shape index (κ1) is 20.4. The maximum atomic E-state index is 13.5. The van der Waals surface area contributed by atoms with Crippen LogP contribution in [0.2, 0.25) is 0 Å². The van der Waals surface area contributed by atoms with Crippen LogP contribution >= 0.6 is 0 Å². The van der Waals surface area contributed by atoms with Crippen LogP contribution < -0.4 is 10.2 Å². The van der Waals surface area contributed by atoms with E-state index in [4.69, 9.17) is 10.5 Å². The first-order valence-corrected chi connectivity index (χ1v) is 9.65. The molecule has 2 unspecified atom stereocenters. The molecule has 30 heavy (non-hydrogen) atoms. The molecule has 6 nitrogen and oxygen atoms in total. The number of alkyl halides is 4. The van der Waals surface area contributed by atoms with Crippen LogP contribution in [0, 0.1) is 34.5 Å². The Bertz CT molecular complexity index is 925. The number of hydrogen-bond donors (Lipinski definition) is 1. The van der Waals surface area contributed by atoms with Crippen molar-refractivity contribution in [2.24, 2.45) is 11.8 Å². The predicted octanol–water partition coefficient (Wildman–Crippen LogP) is 2.06. The molecule has 3 fully saturated rings. The van der Waals surface area contributed by atoms with Gasteiger partial charge in [0, 0.05) is 31.2 Å². The second-order valence-electron chi connectivity index (χ2n) is 8.00. The molecule has 0 bridgehead atoms. The van der Waals surface area contributed by atoms with Crippen LogP contribution in [-0.4, -0.2) is 55.2 Å². The Morgan fingerprint density at radius 2 is 1.90 bits per heavy atom. The van der Waals surface area contributed by atoms with E-state index in [2.05, 4.69) is 5.32 Å². The highest BCUT2D eigenvalue weighted by Crippen LogP contribution is 2.47. The molecule has 2 saturated heterocycles. The Kier molecular flexibility index (Phi) is 5.07. The minimum atomic E-state index is -4.59. The number of nitriles is 2. The van der Waals surface area contributed by atoms with Gasteiger partial charge in [-0.3, -0.25) is 4.79 Å². The fourth-order valence-corrected chi connectivity index (χ4v) is 4.59. The van der Waals surface area contributed by atoms with Crippen LogP contribution in [0.15, 0.2) is 18.2 Å². The van der Waals surface area contributed by atoms with E-state index >= 15 is 0 Å². The number of hydrogen-bond acceptors (Lipinski definition) is 5. The fourth-order valence-electron chi connectivity index (χ4n) is 4.59. The van der Waals surface area contributed by atoms with Gasteiger partial charge in [0.05, 0.1) is 36.4 Å². The highest BCUT2D eigenvalue weighted by atomic mass is 19.4. The second-order valence-corrected chi connectivity index (χ2v) is 8.00. The fraction of sp³-hybridized carbons (Fsp3) is 0.550. The monoisotopic (exact) mass is 421 g/mol. The summed E-state index contributed by atoms with van der Waals surface area (Å²) in [5.74, 6) is 0.106. The lowest BCUT2D eigenvalue weighted by molar-refractivity contribution is -0.137. The lowest BCUT2D eigenvalue weighted by atomic mass is 10.1. The summed E-state index contributed by atoms with van der Waals surface area (Å²) in [6.45, 7) is 1.05. The molecule has 1 amide bonds. The Labute approximate surface area is 170 Å². The maximum absolute atomic E-state index is 13.5. The van der Waals surface area contributed by atoms with Gasteiger partial charge in [-0.1, -0.05) is 0 Å². The summed E-state index contributed by atoms with van der Waals surface area (Å²) < 4.78 is 53.0. The minimum absolute atomic E-state index is 0.0116. The largest absolute Gasteiger partial charge is 0.417 e. The van der Waals surface area contributed by atoms with Gasteiger partial charge in [-0.2, -0.15) is 23.7 Å². The minimum Gasteiger partial charge on any atom is -0.371 e. The zero-order valence-corrected chi connectivity index (χ0v) is 15.9. The van der Waals surface area contributed by atoms with E-state index in [1.54, 1.807) is 6.07 Å². The molecule has 4 atom stereocenters. The van der Waals surface area contributed by atoms with E-state index in [9.17, 15) is 22.4 Å². The summed E-state index contributed by atoms with van der Waals surface area (Å²) in [5, 5.41) is 21.1. The number of amides is 1. The van der Waals surface area contributed by atoms with Crippen molar-refractivity contribution in [3.05, 3.63) is 29.3 Å². The normalized spacial score (nSPS) is 30.0. The summed E-state index contributed by atoms with van der Waals surface area (Å²) in [6.07, 6.45) is -5.73. The molecule has 4 rings (SSSR count). The van der Waals surface area contributed by atoms with Gasteiger partial charge < -0.3 is 15.1 Å². The zero-order valence-electron chi connectivity index (χ0n) is 15.9. The van der Waals surface area contributed by atoms with E-state index in [1.807, 2.05) is 11.0 Å². The molecule has 0 spiro atoms. The Morgan fingerprint density at radius 3 is 2.50 bits per heavy atom. The number of fused-ring (bicyclic) bond motifs is 1. The summed E-state index contributed by atoms with van der Waals surface area (Å²) >= 11 is 0. The quantitative estimate of drug-likeness (QED) is 0.753. The van der Waals surface area contributed by atoms with Gasteiger partial charge in [0.25, 0.3) is 0 Å². The number of nitrogens with zero attached hydrogens (tertiary/aromatic N) is 4. The van der Waals surface area contributed by atoms with Crippen molar-refractivity contribution in [2.75, 3.05) is 31.1 Å². The molecule has 0 aromatic heterocycles. The van der Waals surface area contributed by atoms with Crippen LogP contribution in [0.25, 0.3) is 0 Å². The van der Waals surface area contributed by atoms with Crippen molar-refractivity contribution in [3.63, 3.8) is 0 Å². The smallest absolute Gasteiger partial charge is 0.371 e. The van der Waals surface area contributed by atoms with Crippen molar-refractivity contribution in [1.82, 2.24) is 10.2 Å². The van der Waals surface area contributed by atoms with Gasteiger partial charge in [-0.25, -0.2) is 4.39 Å². The molecule has 1 aromatic rings. The van der Waals surface area contributed by atoms with E-state index < -0.39 is 29.5 Å². The summed E-state index contributed by atoms with van der Waals surface area (Å²) in [7, 11) is 0. The first-order valence-electron chi connectivity index (χ1n) is 9.65. The van der Waals surface area contributed by atoms with Gasteiger partial charge in [0.2, 0.25) is 5.91 Å². The van der Waals surface area contributed by atoms with Crippen molar-refractivity contribution >= 4 is 11.6 Å². The van der Waals surface area contributed by atoms with E-state index in [1.165, 1.54) is 17.0 Å². The first-order chi connectivity index (χ1) is 14.2. The molecule has 0 radical (unpaired) electrons. The second kappa shape index (κ2) is 7.44. The van der Waals surface area contributed by atoms with Crippen molar-refractivity contribution in [2.45, 2.75) is 30.9 Å². The van der Waals surface area contributed by atoms with E-state index in [0.29, 0.717) is 18.8 Å². The summed E-state index contributed by atoms with van der Waals surface area (Å²) in [5.41, 5.74) is -0.916. The number of benzene rings is 1. The highest BCUT2D eigenvalue weighted by molar-refractivity contribution is 5.79. The number of nitrogens with one attached hydrogen (secondary N) is 1. The zero-order chi connectivity index (χ0) is 21.6. The van der Waals surface area contributed by atoms with Gasteiger partial charge >= 0.3 is 6.18 Å². The maximum Gasteiger partial charge on any atom is 0.417 e. The van der Waals surface area contributed by atoms with Crippen LogP contribution in [0.5, 0.6) is 0 Å². The third kappa shape index (κ3) is 3.68. The van der Waals surface area contributed by atoms with Crippen molar-refractivity contribution in [3.8, 4) is 12.1 Å². The molecule has 158 valence electrons. The molecule has 3 aliphatic rings. The third-order valence-electron chi connectivity index (χ3n) is 6.20. The standard InChI is InChI=1S/C20H19F4N5O/c21-12-3-14(6-26)29(8-12)18(30)7-27-19-15-9-28(10-16(15)19)13-2-1-11(5-25)17(4-13)20(22,23)24/h1-2,4,12,14-16,19,27H,3,7-10H2/t12-,14-,15?,16?,19?/m0/s1. The van der Waals surface area contributed by atoms with Gasteiger partial charge in [-0.05, 0) is 30.0 Å². The molecule has 1 saturated carbocycles. The average molecular weight is 421 g/mol. The third-order valence-corrected chi connectivity index (χ3v) is 6.20. The Balaban J connectivity index is 1.32. The van der Waals surface area contributed by atoms with Crippen molar-refractivity contribution in [1.29, 1.82) is 10.5 Å². The molecule has 2 aliphatic heterocycles. The van der Waals surface area contributed by atoms with Crippen LogP contribution in [0.3, 0.4) is 0 Å². The lowest BCUT2D eigenvalue weighted by Crippen LogP contribution is -2.42. The van der Waals surface area contributed by atoms with Crippen LogP contribution in [0.1, 0.15) is 17.5 Å². The molecular weight excluding hydrogens is 402 g/mol. The Hall–Kier alpha value is -2.85. The number of anilines is 1. The van der Waals surface area contributed by atoms with Gasteiger partial charge in [-0.15, -0.1) is 0 Å². The Morgan fingerprint density at radius 1 is 1.20 bits per heavy atom. The number of rotatable bonds is 4. The van der Waals surface area contributed by atoms with E-state index in [0.717, 1.165) is 6.07 Å².